The van der Waals surface area contributed by atoms with Gasteiger partial charge in [-0.1, -0.05) is 15.9 Å². The monoisotopic (exact) mass is 306 g/mol. The summed E-state index contributed by atoms with van der Waals surface area (Å²) in [6.45, 7) is 0. The molecule has 0 bridgehead atoms. The zero-order chi connectivity index (χ0) is 12.5. The summed E-state index contributed by atoms with van der Waals surface area (Å²) in [5.74, 6) is 0.0343. The van der Waals surface area contributed by atoms with E-state index < -0.39 is 11.9 Å². The Labute approximate surface area is 103 Å². The zero-order valence-electron chi connectivity index (χ0n) is 8.32. The van der Waals surface area contributed by atoms with Crippen molar-refractivity contribution >= 4 is 15.9 Å². The van der Waals surface area contributed by atoms with Gasteiger partial charge >= 0.3 is 6.18 Å². The number of aromatic nitrogens is 4. The van der Waals surface area contributed by atoms with Crippen LogP contribution in [-0.4, -0.2) is 20.0 Å². The molecule has 0 aliphatic rings. The second kappa shape index (κ2) is 4.44. The molecular formula is C9H6BrF3N4. The van der Waals surface area contributed by atoms with E-state index in [-0.39, 0.29) is 16.7 Å². The summed E-state index contributed by atoms with van der Waals surface area (Å²) in [6, 6.07) is 2.91. The Morgan fingerprint density at radius 2 is 2.12 bits per heavy atom. The molecule has 0 fully saturated rings. The van der Waals surface area contributed by atoms with Crippen LogP contribution < -0.4 is 0 Å². The lowest BCUT2D eigenvalue weighted by molar-refractivity contribution is -0.143. The third kappa shape index (κ3) is 2.31. The first kappa shape index (κ1) is 12.0. The summed E-state index contributed by atoms with van der Waals surface area (Å²) >= 11 is 3.00. The standard InChI is InChI=1S/C9H6BrF3N4/c10-4-6-5-15-17(8(6)9(11,12)13)7-2-1-3-14-16-7/h1-3,5H,4H2. The van der Waals surface area contributed by atoms with E-state index in [2.05, 4.69) is 31.2 Å². The van der Waals surface area contributed by atoms with Gasteiger partial charge in [-0.05, 0) is 12.1 Å². The first-order valence-corrected chi connectivity index (χ1v) is 5.64. The average molecular weight is 307 g/mol. The molecule has 2 aromatic rings. The minimum Gasteiger partial charge on any atom is -0.208 e. The van der Waals surface area contributed by atoms with Gasteiger partial charge in [0.2, 0.25) is 0 Å². The summed E-state index contributed by atoms with van der Waals surface area (Å²) in [5.41, 5.74) is -0.780. The molecule has 0 amide bonds. The molecule has 0 aliphatic carbocycles. The maximum atomic E-state index is 12.9. The van der Waals surface area contributed by atoms with E-state index in [1.807, 2.05) is 0 Å². The van der Waals surface area contributed by atoms with Gasteiger partial charge in [-0.25, -0.2) is 4.68 Å². The van der Waals surface area contributed by atoms with Crippen LogP contribution >= 0.6 is 15.9 Å². The molecule has 4 nitrogen and oxygen atoms in total. The van der Waals surface area contributed by atoms with Crippen LogP contribution in [0.1, 0.15) is 11.3 Å². The molecule has 2 aromatic heterocycles. The van der Waals surface area contributed by atoms with Crippen molar-refractivity contribution in [3.05, 3.63) is 35.8 Å². The lowest BCUT2D eigenvalue weighted by Gasteiger charge is -2.10. The minimum atomic E-state index is -4.49. The zero-order valence-corrected chi connectivity index (χ0v) is 9.90. The van der Waals surface area contributed by atoms with Gasteiger partial charge in [0.05, 0.1) is 6.20 Å². The van der Waals surface area contributed by atoms with Gasteiger partial charge in [-0.15, -0.1) is 5.10 Å². The highest BCUT2D eigenvalue weighted by molar-refractivity contribution is 9.08. The number of alkyl halides is 4. The lowest BCUT2D eigenvalue weighted by Crippen LogP contribution is -2.16. The van der Waals surface area contributed by atoms with Gasteiger partial charge < -0.3 is 0 Å². The molecule has 8 heteroatoms. The second-order valence-electron chi connectivity index (χ2n) is 3.14. The first-order valence-electron chi connectivity index (χ1n) is 4.52. The highest BCUT2D eigenvalue weighted by Crippen LogP contribution is 2.33. The Morgan fingerprint density at radius 3 is 2.65 bits per heavy atom. The van der Waals surface area contributed by atoms with Gasteiger partial charge in [0.1, 0.15) is 0 Å². The summed E-state index contributed by atoms with van der Waals surface area (Å²) in [6.07, 6.45) is -1.95. The maximum absolute atomic E-state index is 12.9. The molecule has 0 N–H and O–H groups in total. The highest BCUT2D eigenvalue weighted by Gasteiger charge is 2.38. The average Bonchev–Trinajstić information content (AvgIpc) is 2.73. The molecule has 0 unspecified atom stereocenters. The minimum absolute atomic E-state index is 0.0343. The summed E-state index contributed by atoms with van der Waals surface area (Å²) < 4.78 is 39.4. The topological polar surface area (TPSA) is 43.6 Å². The third-order valence-corrected chi connectivity index (χ3v) is 2.64. The van der Waals surface area contributed by atoms with Crippen LogP contribution in [0, 0.1) is 0 Å². The van der Waals surface area contributed by atoms with Crippen LogP contribution in [0.15, 0.2) is 24.5 Å². The predicted octanol–water partition coefficient (Wildman–Crippen LogP) is 2.58. The SMILES string of the molecule is FC(F)(F)c1c(CBr)cnn1-c1cccnn1. The molecule has 2 rings (SSSR count). The van der Waals surface area contributed by atoms with Crippen molar-refractivity contribution < 1.29 is 13.2 Å². The van der Waals surface area contributed by atoms with Crippen LogP contribution in [0.5, 0.6) is 0 Å². The molecular weight excluding hydrogens is 301 g/mol. The van der Waals surface area contributed by atoms with Crippen molar-refractivity contribution in [1.29, 1.82) is 0 Å². The fourth-order valence-electron chi connectivity index (χ4n) is 1.36. The molecule has 0 radical (unpaired) electrons. The van der Waals surface area contributed by atoms with Gasteiger partial charge in [0.15, 0.2) is 11.5 Å². The number of halogens is 4. The maximum Gasteiger partial charge on any atom is 0.433 e. The molecule has 0 saturated carbocycles. The number of hydrogen-bond acceptors (Lipinski definition) is 3. The van der Waals surface area contributed by atoms with E-state index >= 15 is 0 Å². The van der Waals surface area contributed by atoms with Crippen molar-refractivity contribution in [2.75, 3.05) is 0 Å². The molecule has 0 aliphatic heterocycles. The lowest BCUT2D eigenvalue weighted by atomic mass is 10.2. The molecule has 0 spiro atoms. The van der Waals surface area contributed by atoms with E-state index in [0.717, 1.165) is 10.9 Å². The van der Waals surface area contributed by atoms with Crippen molar-refractivity contribution in [3.8, 4) is 5.82 Å². The quantitative estimate of drug-likeness (QED) is 0.801. The molecule has 0 atom stereocenters. The molecule has 90 valence electrons. The number of nitrogens with zero attached hydrogens (tertiary/aromatic N) is 4. The van der Waals surface area contributed by atoms with E-state index in [9.17, 15) is 13.2 Å². The number of rotatable bonds is 2. The molecule has 17 heavy (non-hydrogen) atoms. The van der Waals surface area contributed by atoms with Crippen LogP contribution in [-0.2, 0) is 11.5 Å². The smallest absolute Gasteiger partial charge is 0.208 e. The molecule has 2 heterocycles. The normalized spacial score (nSPS) is 11.8. The third-order valence-electron chi connectivity index (χ3n) is 2.03. The van der Waals surface area contributed by atoms with Crippen molar-refractivity contribution in [3.63, 3.8) is 0 Å². The molecule has 0 saturated heterocycles. The summed E-state index contributed by atoms with van der Waals surface area (Å²) in [4.78, 5) is 0. The predicted molar refractivity (Wildman–Crippen MR) is 56.8 cm³/mol. The Bertz CT molecular complexity index is 509. The van der Waals surface area contributed by atoms with Gasteiger partial charge in [0.25, 0.3) is 0 Å². The van der Waals surface area contributed by atoms with Crippen LogP contribution in [0.2, 0.25) is 0 Å². The van der Waals surface area contributed by atoms with E-state index in [4.69, 9.17) is 0 Å². The van der Waals surface area contributed by atoms with Crippen molar-refractivity contribution in [2.45, 2.75) is 11.5 Å². The van der Waals surface area contributed by atoms with E-state index in [1.165, 1.54) is 18.3 Å². The van der Waals surface area contributed by atoms with Crippen molar-refractivity contribution in [2.24, 2.45) is 0 Å². The fraction of sp³-hybridized carbons (Fsp3) is 0.222. The second-order valence-corrected chi connectivity index (χ2v) is 3.70. The van der Waals surface area contributed by atoms with Crippen LogP contribution in [0.3, 0.4) is 0 Å². The Morgan fingerprint density at radius 1 is 1.35 bits per heavy atom. The number of hydrogen-bond donors (Lipinski definition) is 0. The Kier molecular flexibility index (Phi) is 3.14. The summed E-state index contributed by atoms with van der Waals surface area (Å²) in [7, 11) is 0. The fourth-order valence-corrected chi connectivity index (χ4v) is 1.77. The van der Waals surface area contributed by atoms with E-state index in [0.29, 0.717) is 0 Å². The van der Waals surface area contributed by atoms with Gasteiger partial charge in [-0.3, -0.25) is 0 Å². The van der Waals surface area contributed by atoms with Gasteiger partial charge in [-0.2, -0.15) is 23.4 Å². The highest BCUT2D eigenvalue weighted by atomic mass is 79.9. The van der Waals surface area contributed by atoms with Crippen molar-refractivity contribution in [1.82, 2.24) is 20.0 Å². The van der Waals surface area contributed by atoms with E-state index in [1.54, 1.807) is 0 Å². The van der Waals surface area contributed by atoms with Crippen LogP contribution in [0.4, 0.5) is 13.2 Å². The largest absolute Gasteiger partial charge is 0.433 e. The Hall–Kier alpha value is -1.44. The molecule has 0 aromatic carbocycles. The van der Waals surface area contributed by atoms with Crippen LogP contribution in [0.25, 0.3) is 5.82 Å². The summed E-state index contributed by atoms with van der Waals surface area (Å²) in [5, 5.41) is 10.9. The first-order chi connectivity index (χ1) is 8.04. The Balaban J connectivity index is 2.60. The van der Waals surface area contributed by atoms with Gasteiger partial charge in [0, 0.05) is 17.1 Å².